The first kappa shape index (κ1) is 29.0. The molecule has 0 saturated heterocycles. The lowest BCUT2D eigenvalue weighted by Crippen LogP contribution is -2.51. The molecule has 0 aliphatic carbocycles. The van der Waals surface area contributed by atoms with E-state index < -0.39 is 29.7 Å². The first-order chi connectivity index (χ1) is 18.0. The molecule has 0 spiro atoms. The molecule has 4 N–H and O–H groups in total. The molecule has 0 radical (unpaired) electrons. The van der Waals surface area contributed by atoms with Gasteiger partial charge >= 0.3 is 0 Å². The van der Waals surface area contributed by atoms with Gasteiger partial charge < -0.3 is 26.0 Å². The number of rotatable bonds is 4. The number of halogens is 1. The lowest BCUT2D eigenvalue weighted by atomic mass is 10.0. The Hall–Kier alpha value is -3.54. The Morgan fingerprint density at radius 2 is 1.97 bits per heavy atom. The molecular formula is C26H38FN7O4. The summed E-state index contributed by atoms with van der Waals surface area (Å²) in [4.78, 5) is 40.9. The number of carbonyl (C=O) groups is 3. The molecule has 2 heterocycles. The molecule has 3 rings (SSSR count). The van der Waals surface area contributed by atoms with Gasteiger partial charge in [0.15, 0.2) is 0 Å². The average molecular weight is 532 g/mol. The normalized spacial score (nSPS) is 18.6. The number of benzene rings is 1. The Labute approximate surface area is 222 Å². The number of carbonyl (C=O) groups excluding carboxylic acids is 3. The maximum atomic E-state index is 14.0. The van der Waals surface area contributed by atoms with Crippen LogP contribution in [0.5, 0.6) is 5.75 Å². The first-order valence-electron chi connectivity index (χ1n) is 13.0. The fraction of sp³-hybridized carbons (Fsp3) is 0.577. The van der Waals surface area contributed by atoms with Crippen molar-refractivity contribution < 1.29 is 23.5 Å². The lowest BCUT2D eigenvalue weighted by molar-refractivity contribution is -0.134. The van der Waals surface area contributed by atoms with E-state index in [4.69, 9.17) is 10.5 Å². The van der Waals surface area contributed by atoms with Crippen molar-refractivity contribution in [3.63, 3.8) is 0 Å². The van der Waals surface area contributed by atoms with E-state index in [-0.39, 0.29) is 48.8 Å². The molecule has 2 bridgehead atoms. The highest BCUT2D eigenvalue weighted by atomic mass is 19.1. The van der Waals surface area contributed by atoms with E-state index >= 15 is 0 Å². The molecule has 38 heavy (non-hydrogen) atoms. The third kappa shape index (κ3) is 7.98. The van der Waals surface area contributed by atoms with E-state index in [0.29, 0.717) is 31.6 Å². The number of fused-ring (bicyclic) bond motifs is 3. The summed E-state index contributed by atoms with van der Waals surface area (Å²) in [6, 6.07) is 2.15. The smallest absolute Gasteiger partial charge is 0.255 e. The molecule has 1 aromatic carbocycles. The van der Waals surface area contributed by atoms with Crippen LogP contribution in [0.15, 0.2) is 24.4 Å². The van der Waals surface area contributed by atoms with Crippen molar-refractivity contribution in [2.45, 2.75) is 59.2 Å². The molecule has 208 valence electrons. The molecule has 1 aliphatic rings. The molecule has 3 amide bonds. The molecule has 11 nitrogen and oxygen atoms in total. The maximum absolute atomic E-state index is 14.0. The summed E-state index contributed by atoms with van der Waals surface area (Å²) in [5, 5.41) is 13.8. The zero-order valence-corrected chi connectivity index (χ0v) is 22.4. The first-order valence-corrected chi connectivity index (χ1v) is 13.0. The fourth-order valence-corrected chi connectivity index (χ4v) is 4.07. The van der Waals surface area contributed by atoms with Gasteiger partial charge in [-0.05, 0) is 36.5 Å². The van der Waals surface area contributed by atoms with Gasteiger partial charge in [-0.1, -0.05) is 32.9 Å². The van der Waals surface area contributed by atoms with Gasteiger partial charge in [0, 0.05) is 32.3 Å². The summed E-state index contributed by atoms with van der Waals surface area (Å²) in [5.74, 6) is -1.58. The molecule has 2 aromatic rings. The van der Waals surface area contributed by atoms with E-state index in [0.717, 1.165) is 6.07 Å². The van der Waals surface area contributed by atoms with Crippen LogP contribution in [0.1, 0.15) is 50.2 Å². The van der Waals surface area contributed by atoms with Gasteiger partial charge in [-0.15, -0.1) is 5.10 Å². The number of nitrogens with one attached hydrogen (secondary N) is 2. The zero-order chi connectivity index (χ0) is 27.8. The Kier molecular flexibility index (Phi) is 10.2. The number of nitrogens with zero attached hydrogens (tertiary/aromatic N) is 4. The van der Waals surface area contributed by atoms with Crippen LogP contribution in [0.25, 0.3) is 0 Å². The molecule has 2 atom stereocenters. The molecule has 0 fully saturated rings. The summed E-state index contributed by atoms with van der Waals surface area (Å²) in [7, 11) is 0. The standard InChI is InChI=1S/C26H38FN7O4/c1-16(2)13-21-25(36)29-8-10-33(26(37)23(28)17(3)4)9-7-19-15-34(32-31-19)11-12-38-22-6-5-18(27)14-20(22)24(35)30-21/h5-6,14-17,21,23H,7-13,28H2,1-4H3,(H,29,36)(H,30,35)/t21-,23-/m1/s1. The van der Waals surface area contributed by atoms with Gasteiger partial charge in [0.25, 0.3) is 5.91 Å². The van der Waals surface area contributed by atoms with Crippen molar-refractivity contribution in [1.82, 2.24) is 30.5 Å². The van der Waals surface area contributed by atoms with E-state index in [1.54, 1.807) is 15.8 Å². The van der Waals surface area contributed by atoms with Crippen LogP contribution in [-0.4, -0.2) is 75.9 Å². The van der Waals surface area contributed by atoms with Crippen molar-refractivity contribution in [3.8, 4) is 5.75 Å². The van der Waals surface area contributed by atoms with Gasteiger partial charge in [0.05, 0.1) is 23.8 Å². The summed E-state index contributed by atoms with van der Waals surface area (Å²) in [6.45, 7) is 8.88. The van der Waals surface area contributed by atoms with Gasteiger partial charge in [-0.25, -0.2) is 9.07 Å². The van der Waals surface area contributed by atoms with Gasteiger partial charge in [0.2, 0.25) is 11.8 Å². The Morgan fingerprint density at radius 3 is 2.68 bits per heavy atom. The fourth-order valence-electron chi connectivity index (χ4n) is 4.07. The molecule has 1 aliphatic heterocycles. The second-order valence-electron chi connectivity index (χ2n) is 10.3. The minimum absolute atomic E-state index is 0.00797. The van der Waals surface area contributed by atoms with Crippen LogP contribution in [0.4, 0.5) is 4.39 Å². The zero-order valence-electron chi connectivity index (χ0n) is 22.4. The Bertz CT molecular complexity index is 1120. The second-order valence-corrected chi connectivity index (χ2v) is 10.3. The molecule has 12 heteroatoms. The monoisotopic (exact) mass is 531 g/mol. The molecule has 0 saturated carbocycles. The van der Waals surface area contributed by atoms with Crippen LogP contribution >= 0.6 is 0 Å². The number of ether oxygens (including phenoxy) is 1. The van der Waals surface area contributed by atoms with Crippen LogP contribution in [0, 0.1) is 17.7 Å². The second kappa shape index (κ2) is 13.3. The van der Waals surface area contributed by atoms with Gasteiger partial charge in [-0.2, -0.15) is 0 Å². The quantitative estimate of drug-likeness (QED) is 0.536. The highest BCUT2D eigenvalue weighted by Gasteiger charge is 2.27. The highest BCUT2D eigenvalue weighted by molar-refractivity contribution is 5.99. The van der Waals surface area contributed by atoms with E-state index in [9.17, 15) is 18.8 Å². The number of nitrogens with two attached hydrogens (primary N) is 1. The Morgan fingerprint density at radius 1 is 1.21 bits per heavy atom. The predicted octanol–water partition coefficient (Wildman–Crippen LogP) is 1.12. The van der Waals surface area contributed by atoms with Crippen molar-refractivity contribution in [2.24, 2.45) is 17.6 Å². The molecule has 1 aromatic heterocycles. The molecule has 0 unspecified atom stereocenters. The lowest BCUT2D eigenvalue weighted by Gasteiger charge is -2.28. The number of aromatic nitrogens is 3. The van der Waals surface area contributed by atoms with Crippen LogP contribution in [0.2, 0.25) is 0 Å². The van der Waals surface area contributed by atoms with Crippen molar-refractivity contribution in [1.29, 1.82) is 0 Å². The third-order valence-electron chi connectivity index (χ3n) is 6.31. The van der Waals surface area contributed by atoms with Gasteiger partial charge in [0.1, 0.15) is 24.2 Å². The summed E-state index contributed by atoms with van der Waals surface area (Å²) in [5.41, 5.74) is 6.81. The van der Waals surface area contributed by atoms with Crippen molar-refractivity contribution >= 4 is 17.7 Å². The van der Waals surface area contributed by atoms with E-state index in [1.165, 1.54) is 12.1 Å². The maximum Gasteiger partial charge on any atom is 0.255 e. The summed E-state index contributed by atoms with van der Waals surface area (Å²) >= 11 is 0. The summed E-state index contributed by atoms with van der Waals surface area (Å²) < 4.78 is 21.4. The minimum atomic E-state index is -0.857. The summed E-state index contributed by atoms with van der Waals surface area (Å²) in [6.07, 6.45) is 2.59. The van der Waals surface area contributed by atoms with Crippen LogP contribution in [0.3, 0.4) is 0 Å². The number of hydrogen-bond donors (Lipinski definition) is 3. The topological polar surface area (TPSA) is 144 Å². The van der Waals surface area contributed by atoms with Crippen LogP contribution in [-0.2, 0) is 22.6 Å². The largest absolute Gasteiger partial charge is 0.491 e. The highest BCUT2D eigenvalue weighted by Crippen LogP contribution is 2.21. The number of hydrogen-bond acceptors (Lipinski definition) is 7. The predicted molar refractivity (Wildman–Crippen MR) is 139 cm³/mol. The SMILES string of the molecule is CC(C)C[C@H]1NC(=O)c2cc(F)ccc2OCCn2cc(nn2)CCN(C(=O)[C@H](N)C(C)C)CCNC1=O. The number of amides is 3. The molecular weight excluding hydrogens is 493 g/mol. The van der Waals surface area contributed by atoms with Crippen molar-refractivity contribution in [3.05, 3.63) is 41.5 Å². The van der Waals surface area contributed by atoms with Gasteiger partial charge in [-0.3, -0.25) is 14.4 Å². The average Bonchev–Trinajstić information content (AvgIpc) is 3.32. The minimum Gasteiger partial charge on any atom is -0.491 e. The van der Waals surface area contributed by atoms with Crippen molar-refractivity contribution in [2.75, 3.05) is 26.2 Å². The third-order valence-corrected chi connectivity index (χ3v) is 6.31. The Balaban J connectivity index is 1.87. The van der Waals surface area contributed by atoms with E-state index in [1.807, 2.05) is 27.7 Å². The van der Waals surface area contributed by atoms with Crippen LogP contribution < -0.4 is 21.1 Å². The van der Waals surface area contributed by atoms with E-state index in [2.05, 4.69) is 20.9 Å².